The molecule has 0 aliphatic carbocycles. The molecule has 0 amide bonds. The van der Waals surface area contributed by atoms with Gasteiger partial charge >= 0.3 is 0 Å². The van der Waals surface area contributed by atoms with Crippen molar-refractivity contribution in [3.05, 3.63) is 188 Å². The standard InChI is InChI=1S/C53H30N4O2/c54-31-43-51(32-12-3-1-4-13-32)55-53(33-14-5-2-6-15-33)56-52(43)39-18-11-21-49-50(39)42-30-36(24-27-48(42)59-49)57-44-19-9-7-16-37(44)40-28-34(22-25-45(40)57)35-23-26-47-41(29-35)38-17-8-10-20-46(38)58-47/h1-30H. The molecule has 4 aromatic heterocycles. The molecule has 274 valence electrons. The quantitative estimate of drug-likeness (QED) is 0.175. The minimum Gasteiger partial charge on any atom is -0.456 e. The third kappa shape index (κ3) is 5.12. The number of nitriles is 1. The predicted molar refractivity (Wildman–Crippen MR) is 237 cm³/mol. The van der Waals surface area contributed by atoms with E-state index in [0.717, 1.165) is 88.2 Å². The minimum absolute atomic E-state index is 0.409. The van der Waals surface area contributed by atoms with Gasteiger partial charge in [-0.15, -0.1) is 0 Å². The van der Waals surface area contributed by atoms with E-state index in [4.69, 9.17) is 18.8 Å². The van der Waals surface area contributed by atoms with E-state index in [2.05, 4.69) is 95.6 Å². The molecule has 0 atom stereocenters. The van der Waals surface area contributed by atoms with E-state index in [9.17, 15) is 5.26 Å². The van der Waals surface area contributed by atoms with E-state index in [0.29, 0.717) is 28.4 Å². The first-order chi connectivity index (χ1) is 29.2. The van der Waals surface area contributed by atoms with Gasteiger partial charge in [0, 0.05) is 54.7 Å². The monoisotopic (exact) mass is 754 g/mol. The van der Waals surface area contributed by atoms with Crippen LogP contribution in [-0.2, 0) is 0 Å². The van der Waals surface area contributed by atoms with Gasteiger partial charge in [0.05, 0.1) is 22.4 Å². The van der Waals surface area contributed by atoms with E-state index < -0.39 is 0 Å². The van der Waals surface area contributed by atoms with Crippen molar-refractivity contribution in [1.82, 2.24) is 14.5 Å². The maximum atomic E-state index is 10.8. The molecule has 0 spiro atoms. The summed E-state index contributed by atoms with van der Waals surface area (Å²) in [7, 11) is 0. The van der Waals surface area contributed by atoms with Crippen LogP contribution in [0.5, 0.6) is 0 Å². The number of benzene rings is 8. The highest BCUT2D eigenvalue weighted by Crippen LogP contribution is 2.42. The average molecular weight is 755 g/mol. The zero-order valence-corrected chi connectivity index (χ0v) is 31.4. The Morgan fingerprint density at radius 3 is 1.86 bits per heavy atom. The molecule has 0 N–H and O–H groups in total. The molecule has 0 fully saturated rings. The molecule has 59 heavy (non-hydrogen) atoms. The van der Waals surface area contributed by atoms with Crippen LogP contribution < -0.4 is 0 Å². The maximum Gasteiger partial charge on any atom is 0.160 e. The topological polar surface area (TPSA) is 80.8 Å². The average Bonchev–Trinajstić information content (AvgIpc) is 3.98. The number of rotatable bonds is 5. The molecule has 4 heterocycles. The van der Waals surface area contributed by atoms with Crippen molar-refractivity contribution >= 4 is 65.7 Å². The van der Waals surface area contributed by atoms with Crippen molar-refractivity contribution in [2.24, 2.45) is 0 Å². The summed E-state index contributed by atoms with van der Waals surface area (Å²) in [5, 5.41) is 17.2. The lowest BCUT2D eigenvalue weighted by Crippen LogP contribution is -2.01. The minimum atomic E-state index is 0.409. The summed E-state index contributed by atoms with van der Waals surface area (Å²) in [5.74, 6) is 0.548. The molecule has 0 saturated carbocycles. The van der Waals surface area contributed by atoms with Crippen LogP contribution in [0.3, 0.4) is 0 Å². The summed E-state index contributed by atoms with van der Waals surface area (Å²) >= 11 is 0. The van der Waals surface area contributed by atoms with E-state index in [-0.39, 0.29) is 0 Å². The Morgan fingerprint density at radius 1 is 0.424 bits per heavy atom. The van der Waals surface area contributed by atoms with Crippen LogP contribution in [0.25, 0.3) is 116 Å². The zero-order chi connectivity index (χ0) is 39.0. The third-order valence-electron chi connectivity index (χ3n) is 11.5. The first kappa shape index (κ1) is 32.9. The van der Waals surface area contributed by atoms with Crippen LogP contribution in [0.4, 0.5) is 0 Å². The summed E-state index contributed by atoms with van der Waals surface area (Å²) < 4.78 is 15.0. The van der Waals surface area contributed by atoms with E-state index >= 15 is 0 Å². The summed E-state index contributed by atoms with van der Waals surface area (Å²) in [5.41, 5.74) is 12.8. The molecule has 0 aliphatic rings. The van der Waals surface area contributed by atoms with E-state index in [1.165, 1.54) is 5.39 Å². The Morgan fingerprint density at radius 2 is 1.03 bits per heavy atom. The molecule has 12 aromatic rings. The number of furan rings is 2. The largest absolute Gasteiger partial charge is 0.456 e. The van der Waals surface area contributed by atoms with Crippen LogP contribution in [0, 0.1) is 11.3 Å². The van der Waals surface area contributed by atoms with Crippen molar-refractivity contribution in [3.63, 3.8) is 0 Å². The number of fused-ring (bicyclic) bond motifs is 9. The highest BCUT2D eigenvalue weighted by molar-refractivity contribution is 6.15. The lowest BCUT2D eigenvalue weighted by Gasteiger charge is -2.13. The molecular formula is C53H30N4O2. The number of hydrogen-bond acceptors (Lipinski definition) is 5. The molecule has 0 aliphatic heterocycles. The van der Waals surface area contributed by atoms with E-state index in [1.807, 2.05) is 97.1 Å². The Balaban J connectivity index is 1.06. The summed E-state index contributed by atoms with van der Waals surface area (Å²) in [6, 6.07) is 64.5. The predicted octanol–water partition coefficient (Wildman–Crippen LogP) is 13.9. The highest BCUT2D eigenvalue weighted by Gasteiger charge is 2.23. The molecule has 0 unspecified atom stereocenters. The summed E-state index contributed by atoms with van der Waals surface area (Å²) in [6.45, 7) is 0. The zero-order valence-electron chi connectivity index (χ0n) is 31.4. The maximum absolute atomic E-state index is 10.8. The smallest absolute Gasteiger partial charge is 0.160 e. The van der Waals surface area contributed by atoms with Gasteiger partial charge in [-0.3, -0.25) is 0 Å². The van der Waals surface area contributed by atoms with Crippen molar-refractivity contribution in [1.29, 1.82) is 5.26 Å². The fourth-order valence-corrected chi connectivity index (χ4v) is 8.77. The number of nitrogens with zero attached hydrogens (tertiary/aromatic N) is 4. The molecule has 6 nitrogen and oxygen atoms in total. The Kier molecular flexibility index (Phi) is 7.19. The van der Waals surface area contributed by atoms with E-state index in [1.54, 1.807) is 0 Å². The molecule has 0 saturated heterocycles. The summed E-state index contributed by atoms with van der Waals surface area (Å²) in [6.07, 6.45) is 0. The Hall–Kier alpha value is -8.27. The van der Waals surface area contributed by atoms with Crippen LogP contribution >= 0.6 is 0 Å². The second kappa shape index (κ2) is 12.9. The molecule has 0 radical (unpaired) electrons. The van der Waals surface area contributed by atoms with Crippen LogP contribution in [0.2, 0.25) is 0 Å². The van der Waals surface area contributed by atoms with Gasteiger partial charge in [0.25, 0.3) is 0 Å². The van der Waals surface area contributed by atoms with Gasteiger partial charge in [0.1, 0.15) is 34.0 Å². The number of para-hydroxylation sites is 2. The van der Waals surface area contributed by atoms with Crippen LogP contribution in [0.1, 0.15) is 5.56 Å². The van der Waals surface area contributed by atoms with Crippen LogP contribution in [0.15, 0.2) is 191 Å². The molecule has 0 bridgehead atoms. The van der Waals surface area contributed by atoms with Crippen molar-refractivity contribution in [2.45, 2.75) is 0 Å². The second-order valence-electron chi connectivity index (χ2n) is 14.8. The first-order valence-electron chi connectivity index (χ1n) is 19.5. The van der Waals surface area contributed by atoms with Gasteiger partial charge in [0.15, 0.2) is 5.82 Å². The van der Waals surface area contributed by atoms with Crippen molar-refractivity contribution in [2.75, 3.05) is 0 Å². The SMILES string of the molecule is N#Cc1c(-c2ccccc2)nc(-c2ccccc2)nc1-c1cccc2oc3ccc(-n4c5ccccc5c5cc(-c6ccc7oc8ccccc8c7c6)ccc54)cc3c12. The van der Waals surface area contributed by atoms with Gasteiger partial charge < -0.3 is 13.4 Å². The van der Waals surface area contributed by atoms with Crippen molar-refractivity contribution < 1.29 is 8.83 Å². The number of hydrogen-bond donors (Lipinski definition) is 0. The molecular weight excluding hydrogens is 725 g/mol. The summed E-state index contributed by atoms with van der Waals surface area (Å²) in [4.78, 5) is 10.1. The molecule has 12 rings (SSSR count). The first-order valence-corrected chi connectivity index (χ1v) is 19.5. The van der Waals surface area contributed by atoms with Crippen molar-refractivity contribution in [3.8, 4) is 56.8 Å². The lowest BCUT2D eigenvalue weighted by molar-refractivity contribution is 0.668. The third-order valence-corrected chi connectivity index (χ3v) is 11.5. The second-order valence-corrected chi connectivity index (χ2v) is 14.8. The lowest BCUT2D eigenvalue weighted by atomic mass is 9.97. The fraction of sp³-hybridized carbons (Fsp3) is 0. The van der Waals surface area contributed by atoms with Gasteiger partial charge in [-0.25, -0.2) is 9.97 Å². The Bertz CT molecular complexity index is 3680. The fourth-order valence-electron chi connectivity index (χ4n) is 8.77. The number of aromatic nitrogens is 3. The van der Waals surface area contributed by atoms with Crippen LogP contribution in [-0.4, -0.2) is 14.5 Å². The normalized spacial score (nSPS) is 11.7. The van der Waals surface area contributed by atoms with Gasteiger partial charge in [-0.2, -0.15) is 5.26 Å². The molecule has 6 heteroatoms. The highest BCUT2D eigenvalue weighted by atomic mass is 16.3. The Labute approximate surface area is 337 Å². The van der Waals surface area contributed by atoms with Gasteiger partial charge in [0.2, 0.25) is 0 Å². The van der Waals surface area contributed by atoms with Gasteiger partial charge in [-0.05, 0) is 71.8 Å². The molecule has 8 aromatic carbocycles. The van der Waals surface area contributed by atoms with Gasteiger partial charge in [-0.1, -0.05) is 121 Å².